The molecule has 0 radical (unpaired) electrons. The van der Waals surface area contributed by atoms with Gasteiger partial charge in [0.1, 0.15) is 11.5 Å². The van der Waals surface area contributed by atoms with Crippen molar-refractivity contribution in [3.05, 3.63) is 41.4 Å². The van der Waals surface area contributed by atoms with Crippen molar-refractivity contribution in [1.82, 2.24) is 14.5 Å². The monoisotopic (exact) mass is 357 g/mol. The smallest absolute Gasteiger partial charge is 0.255 e. The second-order valence-corrected chi connectivity index (χ2v) is 8.26. The van der Waals surface area contributed by atoms with Crippen molar-refractivity contribution in [2.75, 3.05) is 19.8 Å². The molecule has 1 fully saturated rings. The zero-order valence-corrected chi connectivity index (χ0v) is 15.8. The van der Waals surface area contributed by atoms with Crippen molar-refractivity contribution in [1.29, 1.82) is 0 Å². The molecule has 0 atom stereocenters. The Morgan fingerprint density at radius 3 is 2.73 bits per heavy atom. The number of aromatic nitrogens is 2. The molecule has 2 aromatic rings. The second kappa shape index (κ2) is 6.58. The molecule has 26 heavy (non-hydrogen) atoms. The van der Waals surface area contributed by atoms with Gasteiger partial charge in [-0.25, -0.2) is 4.98 Å². The van der Waals surface area contributed by atoms with Gasteiger partial charge in [0.2, 0.25) is 0 Å². The summed E-state index contributed by atoms with van der Waals surface area (Å²) in [7, 11) is 0. The lowest BCUT2D eigenvalue weighted by Crippen LogP contribution is -2.35. The summed E-state index contributed by atoms with van der Waals surface area (Å²) in [5, 5.41) is 0. The first kappa shape index (κ1) is 17.3. The average Bonchev–Trinajstić information content (AvgIpc) is 3.28. The number of hydrogen-bond donors (Lipinski definition) is 0. The normalized spacial score (nSPS) is 18.8. The number of amides is 1. The highest BCUT2D eigenvalue weighted by Crippen LogP contribution is 2.30. The number of rotatable bonds is 2. The number of carbonyl (C=O) groups is 1. The van der Waals surface area contributed by atoms with E-state index in [9.17, 15) is 4.79 Å². The van der Waals surface area contributed by atoms with Crippen LogP contribution in [0.4, 0.5) is 0 Å². The minimum absolute atomic E-state index is 0.0294. The molecule has 0 unspecified atom stereocenters. The zero-order chi connectivity index (χ0) is 18.3. The largest absolute Gasteiger partial charge is 0.445 e. The summed E-state index contributed by atoms with van der Waals surface area (Å²) in [6.45, 7) is 9.13. The number of carbonyl (C=O) groups excluding carboxylic acids is 1. The van der Waals surface area contributed by atoms with Crippen LogP contribution in [0.3, 0.4) is 0 Å². The maximum absolute atomic E-state index is 12.9. The Hall–Kier alpha value is -2.08. The van der Waals surface area contributed by atoms with Gasteiger partial charge in [0.15, 0.2) is 5.89 Å². The fourth-order valence-corrected chi connectivity index (χ4v) is 3.63. The molecule has 2 aromatic heterocycles. The van der Waals surface area contributed by atoms with Gasteiger partial charge in [0, 0.05) is 50.0 Å². The summed E-state index contributed by atoms with van der Waals surface area (Å²) in [6.07, 6.45) is 6.57. The van der Waals surface area contributed by atoms with Crippen LogP contribution in [0.5, 0.6) is 0 Å². The third-order valence-corrected chi connectivity index (χ3v) is 5.32. The maximum Gasteiger partial charge on any atom is 0.255 e. The quantitative estimate of drug-likeness (QED) is 0.827. The van der Waals surface area contributed by atoms with Crippen molar-refractivity contribution in [2.24, 2.45) is 0 Å². The lowest BCUT2D eigenvalue weighted by atomic mass is 10.0. The number of hydrogen-bond acceptors (Lipinski definition) is 4. The van der Waals surface area contributed by atoms with Crippen molar-refractivity contribution in [3.63, 3.8) is 0 Å². The van der Waals surface area contributed by atoms with E-state index >= 15 is 0 Å². The molecule has 6 nitrogen and oxygen atoms in total. The first-order chi connectivity index (χ1) is 12.4. The Morgan fingerprint density at radius 1 is 1.27 bits per heavy atom. The number of fused-ring (bicyclic) bond motifs is 1. The summed E-state index contributed by atoms with van der Waals surface area (Å²) in [6, 6.07) is 1.90. The van der Waals surface area contributed by atoms with Gasteiger partial charge in [-0.05, 0) is 39.7 Å². The van der Waals surface area contributed by atoms with Gasteiger partial charge in [-0.2, -0.15) is 0 Å². The standard InChI is InChI=1S/C20H27N3O3/c1-20(2,3)23-9-4-15(12-23)19(24)22-8-5-17-16(13-22)21-18(26-17)14-6-10-25-11-7-14/h4,9,12,14H,5-8,10-11,13H2,1-3H3. The van der Waals surface area contributed by atoms with E-state index in [2.05, 4.69) is 25.3 Å². The van der Waals surface area contributed by atoms with Crippen molar-refractivity contribution in [2.45, 2.75) is 58.0 Å². The summed E-state index contributed by atoms with van der Waals surface area (Å²) >= 11 is 0. The third kappa shape index (κ3) is 3.30. The number of oxazole rings is 1. The van der Waals surface area contributed by atoms with Crippen LogP contribution in [0.2, 0.25) is 0 Å². The van der Waals surface area contributed by atoms with Crippen LogP contribution in [0, 0.1) is 0 Å². The molecule has 0 spiro atoms. The molecule has 0 aromatic carbocycles. The molecule has 0 bridgehead atoms. The molecule has 2 aliphatic heterocycles. The second-order valence-electron chi connectivity index (χ2n) is 8.26. The van der Waals surface area contributed by atoms with Crippen LogP contribution >= 0.6 is 0 Å². The molecule has 0 saturated carbocycles. The predicted molar refractivity (Wildman–Crippen MR) is 97.2 cm³/mol. The summed E-state index contributed by atoms with van der Waals surface area (Å²) in [5.41, 5.74) is 1.62. The molecule has 2 aliphatic rings. The Bertz CT molecular complexity index is 794. The zero-order valence-electron chi connectivity index (χ0n) is 15.8. The molecule has 4 rings (SSSR count). The molecule has 6 heteroatoms. The average molecular weight is 357 g/mol. The van der Waals surface area contributed by atoms with Gasteiger partial charge in [-0.15, -0.1) is 0 Å². The first-order valence-corrected chi connectivity index (χ1v) is 9.46. The highest BCUT2D eigenvalue weighted by Gasteiger charge is 2.29. The Kier molecular flexibility index (Phi) is 4.39. The molecule has 0 N–H and O–H groups in total. The highest BCUT2D eigenvalue weighted by atomic mass is 16.5. The van der Waals surface area contributed by atoms with E-state index in [4.69, 9.17) is 14.1 Å². The Balaban J connectivity index is 1.48. The molecule has 4 heterocycles. The summed E-state index contributed by atoms with van der Waals surface area (Å²) in [5.74, 6) is 2.18. The van der Waals surface area contributed by atoms with Crippen LogP contribution < -0.4 is 0 Å². The van der Waals surface area contributed by atoms with E-state index in [1.54, 1.807) is 0 Å². The van der Waals surface area contributed by atoms with E-state index in [-0.39, 0.29) is 11.4 Å². The van der Waals surface area contributed by atoms with Crippen LogP contribution in [0.15, 0.2) is 22.9 Å². The van der Waals surface area contributed by atoms with Crippen molar-refractivity contribution < 1.29 is 13.9 Å². The predicted octanol–water partition coefficient (Wildman–Crippen LogP) is 3.32. The third-order valence-electron chi connectivity index (χ3n) is 5.32. The van der Waals surface area contributed by atoms with Crippen LogP contribution in [0.25, 0.3) is 0 Å². The molecular weight excluding hydrogens is 330 g/mol. The molecular formula is C20H27N3O3. The van der Waals surface area contributed by atoms with Crippen LogP contribution in [-0.4, -0.2) is 40.1 Å². The minimum atomic E-state index is -0.0294. The van der Waals surface area contributed by atoms with Gasteiger partial charge in [0.25, 0.3) is 5.91 Å². The lowest BCUT2D eigenvalue weighted by molar-refractivity contribution is 0.0725. The molecule has 1 saturated heterocycles. The number of ether oxygens (including phenoxy) is 1. The highest BCUT2D eigenvalue weighted by molar-refractivity contribution is 5.94. The molecule has 140 valence electrons. The van der Waals surface area contributed by atoms with Crippen LogP contribution in [0.1, 0.15) is 67.2 Å². The van der Waals surface area contributed by atoms with Gasteiger partial charge in [-0.1, -0.05) is 0 Å². The van der Waals surface area contributed by atoms with E-state index in [0.717, 1.165) is 55.4 Å². The van der Waals surface area contributed by atoms with Gasteiger partial charge < -0.3 is 18.6 Å². The van der Waals surface area contributed by atoms with Gasteiger partial charge in [0.05, 0.1) is 12.1 Å². The molecule has 1 amide bonds. The number of nitrogens with zero attached hydrogens (tertiary/aromatic N) is 3. The SMILES string of the molecule is CC(C)(C)n1ccc(C(=O)N2CCc3oc(C4CCOCC4)nc3C2)c1. The minimum Gasteiger partial charge on any atom is -0.445 e. The topological polar surface area (TPSA) is 60.5 Å². The fraction of sp³-hybridized carbons (Fsp3) is 0.600. The fourth-order valence-electron chi connectivity index (χ4n) is 3.63. The van der Waals surface area contributed by atoms with Gasteiger partial charge in [-0.3, -0.25) is 4.79 Å². The van der Waals surface area contributed by atoms with Crippen LogP contribution in [-0.2, 0) is 23.2 Å². The van der Waals surface area contributed by atoms with E-state index in [1.165, 1.54) is 0 Å². The Morgan fingerprint density at radius 2 is 2.04 bits per heavy atom. The summed E-state index contributed by atoms with van der Waals surface area (Å²) in [4.78, 5) is 19.5. The summed E-state index contributed by atoms with van der Waals surface area (Å²) < 4.78 is 13.5. The molecule has 0 aliphatic carbocycles. The first-order valence-electron chi connectivity index (χ1n) is 9.46. The Labute approximate surface area is 154 Å². The van der Waals surface area contributed by atoms with E-state index < -0.39 is 0 Å². The van der Waals surface area contributed by atoms with E-state index in [1.807, 2.05) is 23.4 Å². The maximum atomic E-state index is 12.9. The van der Waals surface area contributed by atoms with E-state index in [0.29, 0.717) is 19.0 Å². The van der Waals surface area contributed by atoms with Gasteiger partial charge >= 0.3 is 0 Å². The van der Waals surface area contributed by atoms with Crippen molar-refractivity contribution in [3.8, 4) is 0 Å². The lowest BCUT2D eigenvalue weighted by Gasteiger charge is -2.25. The van der Waals surface area contributed by atoms with Crippen molar-refractivity contribution >= 4 is 5.91 Å².